The molecule has 0 aliphatic carbocycles. The summed E-state index contributed by atoms with van der Waals surface area (Å²) in [5.74, 6) is -1.79. The summed E-state index contributed by atoms with van der Waals surface area (Å²) >= 11 is 0. The van der Waals surface area contributed by atoms with E-state index in [0.29, 0.717) is 6.07 Å². The van der Waals surface area contributed by atoms with Crippen molar-refractivity contribution in [3.63, 3.8) is 0 Å². The van der Waals surface area contributed by atoms with Crippen LogP contribution in [-0.2, 0) is 0 Å². The Labute approximate surface area is 93.7 Å². The second kappa shape index (κ2) is 5.05. The summed E-state index contributed by atoms with van der Waals surface area (Å²) in [5, 5.41) is 2.65. The molecule has 1 aromatic rings. The average Bonchev–Trinajstić information content (AvgIpc) is 2.16. The third-order valence-corrected chi connectivity index (χ3v) is 2.53. The van der Waals surface area contributed by atoms with E-state index in [1.165, 1.54) is 0 Å². The molecule has 0 radical (unpaired) electrons. The van der Waals surface area contributed by atoms with Crippen molar-refractivity contribution in [2.45, 2.75) is 26.8 Å². The topological polar surface area (TPSA) is 29.1 Å². The number of hydrogen-bond donors (Lipinski definition) is 1. The Balaban J connectivity index is 2.81. The highest BCUT2D eigenvalue weighted by atomic mass is 19.1. The molecular weight excluding hydrogens is 212 g/mol. The second-order valence-corrected chi connectivity index (χ2v) is 4.13. The predicted octanol–water partition coefficient (Wildman–Crippen LogP) is 2.74. The van der Waals surface area contributed by atoms with Gasteiger partial charge in [-0.1, -0.05) is 13.8 Å². The Morgan fingerprint density at radius 2 is 1.88 bits per heavy atom. The summed E-state index contributed by atoms with van der Waals surface area (Å²) in [6.07, 6.45) is 0. The van der Waals surface area contributed by atoms with E-state index in [0.717, 1.165) is 12.1 Å². The lowest BCUT2D eigenvalue weighted by molar-refractivity contribution is 0.0926. The van der Waals surface area contributed by atoms with E-state index in [2.05, 4.69) is 5.32 Å². The summed E-state index contributed by atoms with van der Waals surface area (Å²) in [6.45, 7) is 5.74. The minimum absolute atomic E-state index is 0.0584. The van der Waals surface area contributed by atoms with Crippen LogP contribution in [-0.4, -0.2) is 11.9 Å². The normalized spacial score (nSPS) is 12.6. The van der Waals surface area contributed by atoms with Crippen molar-refractivity contribution in [2.24, 2.45) is 5.92 Å². The van der Waals surface area contributed by atoms with Crippen LogP contribution in [0.15, 0.2) is 18.2 Å². The number of benzene rings is 1. The maximum atomic E-state index is 13.3. The van der Waals surface area contributed by atoms with E-state index >= 15 is 0 Å². The van der Waals surface area contributed by atoms with Crippen molar-refractivity contribution >= 4 is 5.91 Å². The Hall–Kier alpha value is -1.45. The van der Waals surface area contributed by atoms with Gasteiger partial charge in [0.15, 0.2) is 0 Å². The summed E-state index contributed by atoms with van der Waals surface area (Å²) in [5.41, 5.74) is -0.131. The molecule has 1 amide bonds. The largest absolute Gasteiger partial charge is 0.349 e. The molecule has 0 spiro atoms. The van der Waals surface area contributed by atoms with Gasteiger partial charge in [-0.05, 0) is 25.0 Å². The molecule has 0 aromatic heterocycles. The van der Waals surface area contributed by atoms with Crippen LogP contribution in [0.5, 0.6) is 0 Å². The van der Waals surface area contributed by atoms with E-state index in [1.54, 1.807) is 0 Å². The fraction of sp³-hybridized carbons (Fsp3) is 0.417. The third-order valence-electron chi connectivity index (χ3n) is 2.53. The average molecular weight is 227 g/mol. The molecule has 1 N–H and O–H groups in total. The Bertz CT molecular complexity index is 391. The fourth-order valence-corrected chi connectivity index (χ4v) is 1.12. The maximum absolute atomic E-state index is 13.3. The minimum atomic E-state index is -0.839. The van der Waals surface area contributed by atoms with Gasteiger partial charge in [0.05, 0.1) is 5.56 Å². The van der Waals surface area contributed by atoms with Gasteiger partial charge in [0.2, 0.25) is 0 Å². The molecule has 1 atom stereocenters. The van der Waals surface area contributed by atoms with Crippen LogP contribution in [0.2, 0.25) is 0 Å². The van der Waals surface area contributed by atoms with Gasteiger partial charge in [-0.15, -0.1) is 0 Å². The molecule has 88 valence electrons. The van der Waals surface area contributed by atoms with E-state index in [1.807, 2.05) is 20.8 Å². The molecule has 1 rings (SSSR count). The second-order valence-electron chi connectivity index (χ2n) is 4.13. The van der Waals surface area contributed by atoms with Crippen molar-refractivity contribution < 1.29 is 13.6 Å². The van der Waals surface area contributed by atoms with Gasteiger partial charge in [-0.25, -0.2) is 8.78 Å². The van der Waals surface area contributed by atoms with Gasteiger partial charge < -0.3 is 5.32 Å². The Morgan fingerprint density at radius 3 is 2.38 bits per heavy atom. The van der Waals surface area contributed by atoms with Crippen LogP contribution in [0.25, 0.3) is 0 Å². The Morgan fingerprint density at radius 1 is 1.25 bits per heavy atom. The number of carbonyl (C=O) groups is 1. The first kappa shape index (κ1) is 12.6. The molecule has 0 saturated carbocycles. The van der Waals surface area contributed by atoms with E-state index in [-0.39, 0.29) is 17.5 Å². The first-order chi connectivity index (χ1) is 7.41. The van der Waals surface area contributed by atoms with Crippen LogP contribution in [0.1, 0.15) is 31.1 Å². The van der Waals surface area contributed by atoms with E-state index in [4.69, 9.17) is 0 Å². The number of hydrogen-bond acceptors (Lipinski definition) is 1. The van der Waals surface area contributed by atoms with Crippen molar-refractivity contribution in [2.75, 3.05) is 0 Å². The van der Waals surface area contributed by atoms with Crippen LogP contribution in [0.3, 0.4) is 0 Å². The van der Waals surface area contributed by atoms with E-state index in [9.17, 15) is 13.6 Å². The lowest BCUT2D eigenvalue weighted by Gasteiger charge is -2.17. The summed E-state index contributed by atoms with van der Waals surface area (Å²) in [4.78, 5) is 11.6. The molecule has 0 aliphatic heterocycles. The molecule has 2 nitrogen and oxygen atoms in total. The lowest BCUT2D eigenvalue weighted by Crippen LogP contribution is -2.36. The smallest absolute Gasteiger partial charge is 0.254 e. The van der Waals surface area contributed by atoms with Crippen molar-refractivity contribution in [1.29, 1.82) is 0 Å². The monoisotopic (exact) mass is 227 g/mol. The molecule has 0 saturated heterocycles. The molecule has 1 aromatic carbocycles. The summed E-state index contributed by atoms with van der Waals surface area (Å²) in [6, 6.07) is 2.86. The number of nitrogens with one attached hydrogen (secondary N) is 1. The van der Waals surface area contributed by atoms with E-state index < -0.39 is 17.5 Å². The standard InChI is InChI=1S/C12H15F2NO/c1-7(2)8(3)15-12(16)10-5-4-9(13)6-11(10)14/h4-8H,1-3H3,(H,15,16)/t8-/m1/s1. The SMILES string of the molecule is CC(C)[C@@H](C)NC(=O)c1ccc(F)cc1F. The number of amides is 1. The van der Waals surface area contributed by atoms with Crippen molar-refractivity contribution in [1.82, 2.24) is 5.32 Å². The number of carbonyl (C=O) groups excluding carboxylic acids is 1. The first-order valence-corrected chi connectivity index (χ1v) is 5.17. The van der Waals surface area contributed by atoms with Crippen LogP contribution in [0, 0.1) is 17.6 Å². The Kier molecular flexibility index (Phi) is 3.99. The highest BCUT2D eigenvalue weighted by Crippen LogP contribution is 2.10. The molecule has 0 heterocycles. The summed E-state index contributed by atoms with van der Waals surface area (Å²) in [7, 11) is 0. The predicted molar refractivity (Wildman–Crippen MR) is 58.1 cm³/mol. The number of halogens is 2. The minimum Gasteiger partial charge on any atom is -0.349 e. The molecule has 0 unspecified atom stereocenters. The van der Waals surface area contributed by atoms with Gasteiger partial charge in [-0.3, -0.25) is 4.79 Å². The highest BCUT2D eigenvalue weighted by molar-refractivity contribution is 5.94. The van der Waals surface area contributed by atoms with Crippen molar-refractivity contribution in [3.8, 4) is 0 Å². The molecular formula is C12H15F2NO. The molecule has 16 heavy (non-hydrogen) atoms. The van der Waals surface area contributed by atoms with Gasteiger partial charge in [0.25, 0.3) is 5.91 Å². The van der Waals surface area contributed by atoms with Gasteiger partial charge in [-0.2, -0.15) is 0 Å². The number of rotatable bonds is 3. The molecule has 0 bridgehead atoms. The van der Waals surface area contributed by atoms with Crippen LogP contribution >= 0.6 is 0 Å². The zero-order valence-corrected chi connectivity index (χ0v) is 9.55. The quantitative estimate of drug-likeness (QED) is 0.845. The van der Waals surface area contributed by atoms with Gasteiger partial charge in [0.1, 0.15) is 11.6 Å². The molecule has 0 aliphatic rings. The van der Waals surface area contributed by atoms with Crippen LogP contribution < -0.4 is 5.32 Å². The maximum Gasteiger partial charge on any atom is 0.254 e. The molecule has 4 heteroatoms. The third kappa shape index (κ3) is 3.02. The zero-order valence-electron chi connectivity index (χ0n) is 9.55. The van der Waals surface area contributed by atoms with Gasteiger partial charge in [0, 0.05) is 12.1 Å². The van der Waals surface area contributed by atoms with Crippen molar-refractivity contribution in [3.05, 3.63) is 35.4 Å². The fourth-order valence-electron chi connectivity index (χ4n) is 1.12. The zero-order chi connectivity index (χ0) is 12.3. The highest BCUT2D eigenvalue weighted by Gasteiger charge is 2.16. The van der Waals surface area contributed by atoms with Crippen LogP contribution in [0.4, 0.5) is 8.78 Å². The lowest BCUT2D eigenvalue weighted by atomic mass is 10.1. The first-order valence-electron chi connectivity index (χ1n) is 5.17. The molecule has 0 fully saturated rings. The van der Waals surface area contributed by atoms with Gasteiger partial charge >= 0.3 is 0 Å². The summed E-state index contributed by atoms with van der Waals surface area (Å²) < 4.78 is 25.9.